The lowest BCUT2D eigenvalue weighted by Crippen LogP contribution is -2.00. The van der Waals surface area contributed by atoms with E-state index in [1.165, 1.54) is 5.56 Å². The van der Waals surface area contributed by atoms with Crippen LogP contribution in [0.3, 0.4) is 0 Å². The summed E-state index contributed by atoms with van der Waals surface area (Å²) in [5.41, 5.74) is 5.58. The zero-order valence-electron chi connectivity index (χ0n) is 19.5. The summed E-state index contributed by atoms with van der Waals surface area (Å²) in [4.78, 5) is 0. The fraction of sp³-hybridized carbons (Fsp3) is 0.259. The second-order valence-electron chi connectivity index (χ2n) is 7.71. The molecule has 0 aliphatic rings. The summed E-state index contributed by atoms with van der Waals surface area (Å²) in [6.45, 7) is 6.43. The molecule has 3 rings (SSSR count). The molecule has 0 aliphatic carbocycles. The van der Waals surface area contributed by atoms with Crippen LogP contribution < -0.4 is 18.9 Å². The summed E-state index contributed by atoms with van der Waals surface area (Å²) >= 11 is 0. The Morgan fingerprint density at radius 2 is 1.47 bits per heavy atom. The van der Waals surface area contributed by atoms with E-state index in [1.54, 1.807) is 33.5 Å². The Morgan fingerprint density at radius 1 is 0.812 bits per heavy atom. The van der Waals surface area contributed by atoms with E-state index in [4.69, 9.17) is 18.9 Å². The van der Waals surface area contributed by atoms with Crippen molar-refractivity contribution in [2.24, 2.45) is 0 Å². The Morgan fingerprint density at radius 3 is 2.03 bits per heavy atom. The van der Waals surface area contributed by atoms with Gasteiger partial charge >= 0.3 is 0 Å². The zero-order chi connectivity index (χ0) is 23.3. The molecule has 0 heterocycles. The van der Waals surface area contributed by atoms with Gasteiger partial charge in [0.15, 0.2) is 23.0 Å². The SMILES string of the molecule is COc1cc(-c2ccc(C)cc2)c(OC)c(OC)c1-c1ccc(OCC=C(C)C)c(O)c1. The number of benzene rings is 3. The molecule has 0 aromatic heterocycles. The molecule has 0 unspecified atom stereocenters. The Kier molecular flexibility index (Phi) is 7.31. The van der Waals surface area contributed by atoms with Gasteiger partial charge in [-0.05, 0) is 56.2 Å². The molecular formula is C27H30O5. The van der Waals surface area contributed by atoms with Crippen molar-refractivity contribution >= 4 is 0 Å². The van der Waals surface area contributed by atoms with E-state index in [0.717, 1.165) is 22.3 Å². The number of aromatic hydroxyl groups is 1. The number of hydrogen-bond acceptors (Lipinski definition) is 5. The molecule has 32 heavy (non-hydrogen) atoms. The maximum Gasteiger partial charge on any atom is 0.172 e. The minimum Gasteiger partial charge on any atom is -0.504 e. The summed E-state index contributed by atoms with van der Waals surface area (Å²) in [6.07, 6.45) is 1.95. The topological polar surface area (TPSA) is 57.2 Å². The van der Waals surface area contributed by atoms with E-state index in [2.05, 4.69) is 0 Å². The van der Waals surface area contributed by atoms with E-state index < -0.39 is 0 Å². The fourth-order valence-electron chi connectivity index (χ4n) is 3.49. The average Bonchev–Trinajstić information content (AvgIpc) is 2.78. The molecule has 5 heteroatoms. The Labute approximate surface area is 189 Å². The molecule has 0 aliphatic heterocycles. The van der Waals surface area contributed by atoms with Gasteiger partial charge in [-0.2, -0.15) is 0 Å². The molecule has 0 bridgehead atoms. The number of phenols is 1. The van der Waals surface area contributed by atoms with Crippen molar-refractivity contribution in [3.63, 3.8) is 0 Å². The highest BCUT2D eigenvalue weighted by Gasteiger charge is 2.23. The van der Waals surface area contributed by atoms with Gasteiger partial charge in [-0.25, -0.2) is 0 Å². The van der Waals surface area contributed by atoms with Gasteiger partial charge in [-0.15, -0.1) is 0 Å². The van der Waals surface area contributed by atoms with Crippen LogP contribution in [-0.4, -0.2) is 33.0 Å². The summed E-state index contributed by atoms with van der Waals surface area (Å²) in [7, 11) is 4.82. The molecule has 3 aromatic carbocycles. The van der Waals surface area contributed by atoms with Crippen molar-refractivity contribution in [1.29, 1.82) is 0 Å². The van der Waals surface area contributed by atoms with Crippen molar-refractivity contribution in [2.45, 2.75) is 20.8 Å². The molecule has 0 fully saturated rings. The lowest BCUT2D eigenvalue weighted by molar-refractivity contribution is 0.335. The van der Waals surface area contributed by atoms with E-state index in [1.807, 2.05) is 63.2 Å². The number of rotatable bonds is 8. The van der Waals surface area contributed by atoms with Crippen LogP contribution in [-0.2, 0) is 0 Å². The summed E-state index contributed by atoms with van der Waals surface area (Å²) in [5, 5.41) is 10.6. The minimum absolute atomic E-state index is 0.0374. The second-order valence-corrected chi connectivity index (χ2v) is 7.71. The first-order valence-corrected chi connectivity index (χ1v) is 10.4. The lowest BCUT2D eigenvalue weighted by atomic mass is 9.95. The van der Waals surface area contributed by atoms with E-state index in [0.29, 0.717) is 35.2 Å². The fourth-order valence-corrected chi connectivity index (χ4v) is 3.49. The van der Waals surface area contributed by atoms with Crippen molar-refractivity contribution < 1.29 is 24.1 Å². The maximum atomic E-state index is 10.6. The van der Waals surface area contributed by atoms with E-state index >= 15 is 0 Å². The highest BCUT2D eigenvalue weighted by atomic mass is 16.5. The van der Waals surface area contributed by atoms with Crippen LogP contribution >= 0.6 is 0 Å². The van der Waals surface area contributed by atoms with Crippen molar-refractivity contribution in [3.8, 4) is 51.0 Å². The normalized spacial score (nSPS) is 10.4. The standard InChI is InChI=1S/C27H30O5/c1-17(2)13-14-32-23-12-11-20(15-22(23)28)25-24(29-4)16-21(26(30-5)27(25)31-6)19-9-7-18(3)8-10-19/h7-13,15-16,28H,14H2,1-6H3. The summed E-state index contributed by atoms with van der Waals surface area (Å²) < 4.78 is 23.0. The largest absolute Gasteiger partial charge is 0.504 e. The third-order valence-electron chi connectivity index (χ3n) is 5.17. The van der Waals surface area contributed by atoms with E-state index in [-0.39, 0.29) is 5.75 Å². The number of methoxy groups -OCH3 is 3. The first kappa shape index (κ1) is 23.1. The third kappa shape index (κ3) is 4.83. The van der Waals surface area contributed by atoms with Crippen LogP contribution in [0.4, 0.5) is 0 Å². The van der Waals surface area contributed by atoms with Crippen LogP contribution in [0.1, 0.15) is 19.4 Å². The maximum absolute atomic E-state index is 10.6. The number of ether oxygens (including phenoxy) is 4. The average molecular weight is 435 g/mol. The van der Waals surface area contributed by atoms with Crippen LogP contribution in [0.5, 0.6) is 28.7 Å². The zero-order valence-corrected chi connectivity index (χ0v) is 19.5. The summed E-state index contributed by atoms with van der Waals surface area (Å²) in [5.74, 6) is 2.18. The predicted octanol–water partition coefficient (Wildman–Crippen LogP) is 6.41. The van der Waals surface area contributed by atoms with E-state index in [9.17, 15) is 5.11 Å². The van der Waals surface area contributed by atoms with Crippen LogP contribution in [0.25, 0.3) is 22.3 Å². The van der Waals surface area contributed by atoms with Gasteiger partial charge in [0.25, 0.3) is 0 Å². The number of hydrogen-bond donors (Lipinski definition) is 1. The molecule has 0 atom stereocenters. The number of phenolic OH excluding ortho intramolecular Hbond substituents is 1. The van der Waals surface area contributed by atoms with Gasteiger partial charge in [-0.3, -0.25) is 0 Å². The highest BCUT2D eigenvalue weighted by molar-refractivity contribution is 5.88. The molecule has 3 aromatic rings. The first-order valence-electron chi connectivity index (χ1n) is 10.4. The van der Waals surface area contributed by atoms with Gasteiger partial charge in [-0.1, -0.05) is 41.5 Å². The molecule has 0 amide bonds. The highest BCUT2D eigenvalue weighted by Crippen LogP contribution is 2.50. The van der Waals surface area contributed by atoms with Crippen molar-refractivity contribution in [2.75, 3.05) is 27.9 Å². The Hall–Kier alpha value is -3.60. The second kappa shape index (κ2) is 10.1. The molecule has 168 valence electrons. The molecule has 0 saturated carbocycles. The van der Waals surface area contributed by atoms with Crippen LogP contribution in [0.15, 0.2) is 60.2 Å². The minimum atomic E-state index is 0.0374. The summed E-state index contributed by atoms with van der Waals surface area (Å²) in [6, 6.07) is 15.3. The monoisotopic (exact) mass is 434 g/mol. The van der Waals surface area contributed by atoms with Crippen LogP contribution in [0.2, 0.25) is 0 Å². The van der Waals surface area contributed by atoms with Crippen molar-refractivity contribution in [1.82, 2.24) is 0 Å². The number of aryl methyl sites for hydroxylation is 1. The van der Waals surface area contributed by atoms with Gasteiger partial charge in [0.05, 0.1) is 26.9 Å². The third-order valence-corrected chi connectivity index (χ3v) is 5.17. The smallest absolute Gasteiger partial charge is 0.172 e. The molecular weight excluding hydrogens is 404 g/mol. The molecule has 0 radical (unpaired) electrons. The molecule has 5 nitrogen and oxygen atoms in total. The van der Waals surface area contributed by atoms with Crippen molar-refractivity contribution in [3.05, 3.63) is 65.7 Å². The molecule has 1 N–H and O–H groups in total. The van der Waals surface area contributed by atoms with Crippen LogP contribution in [0, 0.1) is 6.92 Å². The predicted molar refractivity (Wildman–Crippen MR) is 128 cm³/mol. The Balaban J connectivity index is 2.13. The van der Waals surface area contributed by atoms with Gasteiger partial charge in [0, 0.05) is 5.56 Å². The quantitative estimate of drug-likeness (QED) is 0.416. The first-order chi connectivity index (χ1) is 15.4. The lowest BCUT2D eigenvalue weighted by Gasteiger charge is -2.20. The molecule has 0 saturated heterocycles. The van der Waals surface area contributed by atoms with Gasteiger partial charge < -0.3 is 24.1 Å². The molecule has 0 spiro atoms. The number of allylic oxidation sites excluding steroid dienone is 1. The van der Waals surface area contributed by atoms with Gasteiger partial charge in [0.2, 0.25) is 0 Å². The van der Waals surface area contributed by atoms with Gasteiger partial charge in [0.1, 0.15) is 12.4 Å². The Bertz CT molecular complexity index is 1110.